The van der Waals surface area contributed by atoms with E-state index in [4.69, 9.17) is 9.47 Å². The molecule has 1 aromatic rings. The van der Waals surface area contributed by atoms with E-state index in [1.54, 1.807) is 33.1 Å². The van der Waals surface area contributed by atoms with E-state index in [1.165, 1.54) is 11.3 Å². The molecule has 7 nitrogen and oxygen atoms in total. The lowest BCUT2D eigenvalue weighted by atomic mass is 9.98. The van der Waals surface area contributed by atoms with Crippen LogP contribution in [0.5, 0.6) is 0 Å². The molecule has 0 aliphatic carbocycles. The second-order valence-corrected chi connectivity index (χ2v) is 7.93. The molecule has 0 spiro atoms. The van der Waals surface area contributed by atoms with Crippen LogP contribution in [0.25, 0.3) is 0 Å². The van der Waals surface area contributed by atoms with Crippen LogP contribution in [0, 0.1) is 5.92 Å². The molecule has 2 atom stereocenters. The summed E-state index contributed by atoms with van der Waals surface area (Å²) in [7, 11) is 0. The fourth-order valence-corrected chi connectivity index (χ4v) is 2.82. The van der Waals surface area contributed by atoms with Crippen molar-refractivity contribution < 1.29 is 24.2 Å². The summed E-state index contributed by atoms with van der Waals surface area (Å²) in [6, 6.07) is -0.292. The van der Waals surface area contributed by atoms with Crippen LogP contribution in [0.2, 0.25) is 0 Å². The number of aliphatic hydroxyl groups is 1. The maximum Gasteiger partial charge on any atom is 0.407 e. The van der Waals surface area contributed by atoms with E-state index >= 15 is 0 Å². The van der Waals surface area contributed by atoms with Crippen LogP contribution in [-0.2, 0) is 9.47 Å². The molecule has 0 radical (unpaired) electrons. The van der Waals surface area contributed by atoms with Gasteiger partial charge in [0.2, 0.25) is 0 Å². The van der Waals surface area contributed by atoms with Crippen LogP contribution in [0.15, 0.2) is 5.38 Å². The number of nitrogens with zero attached hydrogens (tertiary/aromatic N) is 1. The number of esters is 1. The second kappa shape index (κ2) is 9.15. The van der Waals surface area contributed by atoms with Gasteiger partial charge in [0.25, 0.3) is 0 Å². The Morgan fingerprint density at radius 3 is 2.52 bits per heavy atom. The van der Waals surface area contributed by atoms with E-state index in [0.717, 1.165) is 0 Å². The monoisotopic (exact) mass is 372 g/mol. The third-order valence-corrected chi connectivity index (χ3v) is 4.22. The fourth-order valence-electron chi connectivity index (χ4n) is 2.04. The number of ether oxygens (including phenoxy) is 2. The summed E-state index contributed by atoms with van der Waals surface area (Å²) in [5.41, 5.74) is -0.407. The number of alkyl carbamates (subject to hydrolysis) is 1. The predicted octanol–water partition coefficient (Wildman–Crippen LogP) is 3.29. The van der Waals surface area contributed by atoms with Crippen LogP contribution < -0.4 is 5.32 Å². The number of aliphatic hydroxyl groups excluding tert-OH is 1. The predicted molar refractivity (Wildman–Crippen MR) is 95.6 cm³/mol. The highest BCUT2D eigenvalue weighted by Crippen LogP contribution is 2.25. The van der Waals surface area contributed by atoms with Gasteiger partial charge >= 0.3 is 12.1 Å². The van der Waals surface area contributed by atoms with Gasteiger partial charge in [-0.2, -0.15) is 0 Å². The van der Waals surface area contributed by atoms with Crippen LogP contribution in [0.1, 0.15) is 69.6 Å². The highest BCUT2D eigenvalue weighted by Gasteiger charge is 2.26. The summed E-state index contributed by atoms with van der Waals surface area (Å²) < 4.78 is 10.2. The van der Waals surface area contributed by atoms with Gasteiger partial charge in [-0.1, -0.05) is 13.8 Å². The van der Waals surface area contributed by atoms with Gasteiger partial charge in [-0.15, -0.1) is 11.3 Å². The Morgan fingerprint density at radius 2 is 2.00 bits per heavy atom. The van der Waals surface area contributed by atoms with Gasteiger partial charge < -0.3 is 19.9 Å². The largest absolute Gasteiger partial charge is 0.461 e. The molecule has 0 saturated heterocycles. The summed E-state index contributed by atoms with van der Waals surface area (Å²) in [5.74, 6) is -0.420. The first-order chi connectivity index (χ1) is 11.5. The lowest BCUT2D eigenvalue weighted by Gasteiger charge is -2.26. The van der Waals surface area contributed by atoms with Crippen molar-refractivity contribution in [2.75, 3.05) is 6.61 Å². The van der Waals surface area contributed by atoms with Gasteiger partial charge in [0, 0.05) is 17.8 Å². The minimum Gasteiger partial charge on any atom is -0.461 e. The van der Waals surface area contributed by atoms with E-state index in [0.29, 0.717) is 5.01 Å². The molecule has 0 saturated carbocycles. The molecular formula is C17H28N2O5S. The highest BCUT2D eigenvalue weighted by atomic mass is 32.1. The molecular weight excluding hydrogens is 344 g/mol. The maximum atomic E-state index is 12.0. The standard InChI is InChI=1S/C17H28N2O5S/c1-7-23-15(21)12-9-25-14(18-12)13(20)8-11(10(2)3)19-16(22)24-17(4,5)6/h9-11,13,20H,7-8H2,1-6H3,(H,19,22)/t11-,13+/m0/s1. The van der Waals surface area contributed by atoms with E-state index in [1.807, 2.05) is 13.8 Å². The van der Waals surface area contributed by atoms with Crippen molar-refractivity contribution in [2.45, 2.75) is 65.7 Å². The zero-order valence-corrected chi connectivity index (χ0v) is 16.5. The van der Waals surface area contributed by atoms with Crippen molar-refractivity contribution in [3.05, 3.63) is 16.1 Å². The smallest absolute Gasteiger partial charge is 0.407 e. The lowest BCUT2D eigenvalue weighted by molar-refractivity contribution is 0.0461. The number of nitrogens with one attached hydrogen (secondary N) is 1. The summed E-state index contributed by atoms with van der Waals surface area (Å²) >= 11 is 1.19. The number of carbonyl (C=O) groups is 2. The minimum atomic E-state index is -0.893. The van der Waals surface area contributed by atoms with Gasteiger partial charge in [0.05, 0.1) is 6.61 Å². The fraction of sp³-hybridized carbons (Fsp3) is 0.706. The molecule has 1 rings (SSSR count). The summed E-state index contributed by atoms with van der Waals surface area (Å²) in [6.07, 6.45) is -1.15. The molecule has 1 amide bonds. The molecule has 0 aliphatic heterocycles. The SMILES string of the molecule is CCOC(=O)c1csc([C@H](O)C[C@H](NC(=O)OC(C)(C)C)C(C)C)n1. The van der Waals surface area contributed by atoms with Crippen LogP contribution in [0.3, 0.4) is 0 Å². The minimum absolute atomic E-state index is 0.0895. The van der Waals surface area contributed by atoms with Crippen molar-refractivity contribution in [1.29, 1.82) is 0 Å². The van der Waals surface area contributed by atoms with Crippen LogP contribution >= 0.6 is 11.3 Å². The van der Waals surface area contributed by atoms with Crippen molar-refractivity contribution in [2.24, 2.45) is 5.92 Å². The Morgan fingerprint density at radius 1 is 1.36 bits per heavy atom. The molecule has 0 aliphatic rings. The Balaban J connectivity index is 2.72. The molecule has 1 heterocycles. The molecule has 0 unspecified atom stereocenters. The van der Waals surface area contributed by atoms with Crippen molar-refractivity contribution >= 4 is 23.4 Å². The zero-order valence-electron chi connectivity index (χ0n) is 15.7. The molecule has 142 valence electrons. The van der Waals surface area contributed by atoms with Gasteiger partial charge in [-0.05, 0) is 33.6 Å². The van der Waals surface area contributed by atoms with E-state index in [-0.39, 0.29) is 30.7 Å². The van der Waals surface area contributed by atoms with Crippen molar-refractivity contribution in [3.8, 4) is 0 Å². The molecule has 1 aromatic heterocycles. The Labute approximate surface area is 152 Å². The number of hydrogen-bond donors (Lipinski definition) is 2. The molecule has 25 heavy (non-hydrogen) atoms. The molecule has 0 bridgehead atoms. The number of rotatable bonds is 7. The van der Waals surface area contributed by atoms with Gasteiger partial charge in [-0.3, -0.25) is 0 Å². The first-order valence-corrected chi connectivity index (χ1v) is 9.21. The third kappa shape index (κ3) is 7.39. The third-order valence-electron chi connectivity index (χ3n) is 3.28. The average Bonchev–Trinajstić information content (AvgIpc) is 2.94. The number of amides is 1. The number of carbonyl (C=O) groups excluding carboxylic acids is 2. The Hall–Kier alpha value is -1.67. The normalized spacial score (nSPS) is 14.1. The van der Waals surface area contributed by atoms with Crippen LogP contribution in [-0.4, -0.2) is 40.4 Å². The first-order valence-electron chi connectivity index (χ1n) is 8.33. The Bertz CT molecular complexity index is 580. The molecule has 0 fully saturated rings. The average molecular weight is 372 g/mol. The topological polar surface area (TPSA) is 97.8 Å². The molecule has 2 N–H and O–H groups in total. The van der Waals surface area contributed by atoms with E-state index in [9.17, 15) is 14.7 Å². The van der Waals surface area contributed by atoms with Crippen molar-refractivity contribution in [3.63, 3.8) is 0 Å². The van der Waals surface area contributed by atoms with Crippen LogP contribution in [0.4, 0.5) is 4.79 Å². The van der Waals surface area contributed by atoms with Gasteiger partial charge in [-0.25, -0.2) is 14.6 Å². The number of aromatic nitrogens is 1. The molecule has 8 heteroatoms. The first kappa shape index (κ1) is 21.4. The number of hydrogen-bond acceptors (Lipinski definition) is 7. The van der Waals surface area contributed by atoms with E-state index in [2.05, 4.69) is 10.3 Å². The summed E-state index contributed by atoms with van der Waals surface area (Å²) in [6.45, 7) is 11.2. The highest BCUT2D eigenvalue weighted by molar-refractivity contribution is 7.09. The van der Waals surface area contributed by atoms with Crippen molar-refractivity contribution in [1.82, 2.24) is 10.3 Å². The van der Waals surface area contributed by atoms with Gasteiger partial charge in [0.1, 0.15) is 16.7 Å². The van der Waals surface area contributed by atoms with Gasteiger partial charge in [0.15, 0.2) is 5.69 Å². The molecule has 0 aromatic carbocycles. The Kier molecular flexibility index (Phi) is 7.82. The number of thiazole rings is 1. The maximum absolute atomic E-state index is 12.0. The zero-order chi connectivity index (χ0) is 19.2. The summed E-state index contributed by atoms with van der Waals surface area (Å²) in [5, 5.41) is 15.2. The summed E-state index contributed by atoms with van der Waals surface area (Å²) in [4.78, 5) is 27.8. The quantitative estimate of drug-likeness (QED) is 0.713. The second-order valence-electron chi connectivity index (χ2n) is 7.04. The lowest BCUT2D eigenvalue weighted by Crippen LogP contribution is -2.42. The van der Waals surface area contributed by atoms with E-state index < -0.39 is 23.8 Å².